The average molecular weight is 489 g/mol. The molecule has 8 heteroatoms. The fourth-order valence-electron chi connectivity index (χ4n) is 4.85. The highest BCUT2D eigenvalue weighted by Crippen LogP contribution is 2.49. The lowest BCUT2D eigenvalue weighted by Gasteiger charge is -2.27. The first-order valence-electron chi connectivity index (χ1n) is 12.6. The standard InChI is InChI=1S/C28H33FN6O/c1-5-30-25(36)20-16-31-26(34-18-6-8-21-17(14-18)10-13-32-28(21)11-12-28)35-24(20)33-19-7-9-23(29)22(15-19)27(2,3)4/h6-9,14-16,32H,5,10-13H2,1-4H3,(H,30,36)(H2,31,33,34,35). The zero-order valence-electron chi connectivity index (χ0n) is 21.3. The van der Waals surface area contributed by atoms with Gasteiger partial charge in [0.25, 0.3) is 5.91 Å². The molecule has 7 nitrogen and oxygen atoms in total. The van der Waals surface area contributed by atoms with Gasteiger partial charge in [0.15, 0.2) is 0 Å². The van der Waals surface area contributed by atoms with Crippen molar-refractivity contribution in [3.63, 3.8) is 0 Å². The Morgan fingerprint density at radius 3 is 2.58 bits per heavy atom. The Morgan fingerprint density at radius 2 is 1.86 bits per heavy atom. The van der Waals surface area contributed by atoms with Crippen LogP contribution in [0.3, 0.4) is 0 Å². The third-order valence-electron chi connectivity index (χ3n) is 6.89. The summed E-state index contributed by atoms with van der Waals surface area (Å²) in [4.78, 5) is 21.8. The second-order valence-electron chi connectivity index (χ2n) is 10.6. The third kappa shape index (κ3) is 4.78. The maximum Gasteiger partial charge on any atom is 0.256 e. The van der Waals surface area contributed by atoms with E-state index in [4.69, 9.17) is 0 Å². The molecular formula is C28H33FN6O. The maximum atomic E-state index is 14.5. The largest absolute Gasteiger partial charge is 0.352 e. The van der Waals surface area contributed by atoms with Crippen molar-refractivity contribution in [2.24, 2.45) is 0 Å². The van der Waals surface area contributed by atoms with Crippen LogP contribution in [0.25, 0.3) is 0 Å². The lowest BCUT2D eigenvalue weighted by Crippen LogP contribution is -2.36. The molecule has 4 N–H and O–H groups in total. The van der Waals surface area contributed by atoms with Gasteiger partial charge in [-0.25, -0.2) is 9.37 Å². The number of nitrogens with one attached hydrogen (secondary N) is 4. The van der Waals surface area contributed by atoms with Crippen molar-refractivity contribution in [2.45, 2.75) is 57.9 Å². The second-order valence-corrected chi connectivity index (χ2v) is 10.6. The summed E-state index contributed by atoms with van der Waals surface area (Å²) in [5, 5.41) is 13.0. The molecule has 1 spiro atoms. The van der Waals surface area contributed by atoms with E-state index in [9.17, 15) is 9.18 Å². The van der Waals surface area contributed by atoms with Gasteiger partial charge in [-0.3, -0.25) is 4.79 Å². The molecule has 1 aromatic heterocycles. The maximum absolute atomic E-state index is 14.5. The predicted molar refractivity (Wildman–Crippen MR) is 141 cm³/mol. The van der Waals surface area contributed by atoms with Gasteiger partial charge in [0, 0.05) is 36.2 Å². The van der Waals surface area contributed by atoms with Crippen molar-refractivity contribution in [3.05, 3.63) is 70.7 Å². The van der Waals surface area contributed by atoms with Crippen LogP contribution in [0.4, 0.5) is 27.5 Å². The van der Waals surface area contributed by atoms with E-state index < -0.39 is 0 Å². The number of carbonyl (C=O) groups excluding carboxylic acids is 1. The molecule has 0 radical (unpaired) electrons. The van der Waals surface area contributed by atoms with Gasteiger partial charge < -0.3 is 21.3 Å². The Balaban J connectivity index is 1.45. The quantitative estimate of drug-likeness (QED) is 0.377. The summed E-state index contributed by atoms with van der Waals surface area (Å²) < 4.78 is 14.5. The molecule has 1 fully saturated rings. The summed E-state index contributed by atoms with van der Waals surface area (Å²) in [6.07, 6.45) is 4.87. The normalized spacial score (nSPS) is 15.8. The van der Waals surface area contributed by atoms with Crippen molar-refractivity contribution >= 4 is 29.0 Å². The zero-order valence-corrected chi connectivity index (χ0v) is 21.3. The van der Waals surface area contributed by atoms with Crippen LogP contribution < -0.4 is 21.3 Å². The monoisotopic (exact) mass is 488 g/mol. The van der Waals surface area contributed by atoms with E-state index in [0.29, 0.717) is 35.1 Å². The molecule has 2 aromatic carbocycles. The van der Waals surface area contributed by atoms with E-state index in [2.05, 4.69) is 49.4 Å². The first-order valence-corrected chi connectivity index (χ1v) is 12.6. The average Bonchev–Trinajstić information content (AvgIpc) is 3.60. The van der Waals surface area contributed by atoms with Crippen molar-refractivity contribution in [3.8, 4) is 0 Å². The predicted octanol–water partition coefficient (Wildman–Crippen LogP) is 5.28. The van der Waals surface area contributed by atoms with Crippen LogP contribution in [-0.4, -0.2) is 29.0 Å². The van der Waals surface area contributed by atoms with Crippen molar-refractivity contribution < 1.29 is 9.18 Å². The van der Waals surface area contributed by atoms with Crippen LogP contribution in [0.2, 0.25) is 0 Å². The number of halogens is 1. The summed E-state index contributed by atoms with van der Waals surface area (Å²) in [6, 6.07) is 11.2. The van der Waals surface area contributed by atoms with Crippen molar-refractivity contribution in [2.75, 3.05) is 23.7 Å². The fraction of sp³-hybridized carbons (Fsp3) is 0.393. The lowest BCUT2D eigenvalue weighted by molar-refractivity contribution is 0.0956. The molecular weight excluding hydrogens is 455 g/mol. The molecule has 1 aliphatic heterocycles. The summed E-state index contributed by atoms with van der Waals surface area (Å²) >= 11 is 0. The Hall–Kier alpha value is -3.52. The van der Waals surface area contributed by atoms with Gasteiger partial charge in [0.2, 0.25) is 5.95 Å². The molecule has 188 valence electrons. The molecule has 1 amide bonds. The minimum atomic E-state index is -0.371. The first-order chi connectivity index (χ1) is 17.2. The molecule has 0 atom stereocenters. The van der Waals surface area contributed by atoms with Crippen LogP contribution in [0.5, 0.6) is 0 Å². The van der Waals surface area contributed by atoms with Gasteiger partial charge in [0.05, 0.1) is 0 Å². The Morgan fingerprint density at radius 1 is 1.11 bits per heavy atom. The number of hydrogen-bond donors (Lipinski definition) is 4. The molecule has 2 aliphatic rings. The summed E-state index contributed by atoms with van der Waals surface area (Å²) in [5.41, 5.74) is 4.98. The topological polar surface area (TPSA) is 91.0 Å². The van der Waals surface area contributed by atoms with Crippen LogP contribution in [0.15, 0.2) is 42.6 Å². The van der Waals surface area contributed by atoms with E-state index in [1.54, 1.807) is 12.1 Å². The molecule has 1 aliphatic carbocycles. The molecule has 5 rings (SSSR count). The zero-order chi connectivity index (χ0) is 25.5. The molecule has 36 heavy (non-hydrogen) atoms. The second kappa shape index (κ2) is 9.17. The summed E-state index contributed by atoms with van der Waals surface area (Å²) in [5.74, 6) is 0.182. The minimum absolute atomic E-state index is 0.176. The van der Waals surface area contributed by atoms with E-state index in [0.717, 1.165) is 18.7 Å². The number of aromatic nitrogens is 2. The Bertz CT molecular complexity index is 1310. The first kappa shape index (κ1) is 24.2. The number of nitrogens with zero attached hydrogens (tertiary/aromatic N) is 2. The Kier molecular flexibility index (Phi) is 6.16. The number of anilines is 4. The fourth-order valence-corrected chi connectivity index (χ4v) is 4.85. The van der Waals surface area contributed by atoms with Gasteiger partial charge in [-0.2, -0.15) is 4.98 Å². The lowest BCUT2D eigenvalue weighted by atomic mass is 9.86. The van der Waals surface area contributed by atoms with Gasteiger partial charge in [0.1, 0.15) is 17.2 Å². The van der Waals surface area contributed by atoms with Crippen LogP contribution in [0.1, 0.15) is 67.6 Å². The van der Waals surface area contributed by atoms with Crippen molar-refractivity contribution in [1.82, 2.24) is 20.6 Å². The van der Waals surface area contributed by atoms with Crippen LogP contribution in [0, 0.1) is 5.82 Å². The van der Waals surface area contributed by atoms with Crippen LogP contribution in [-0.2, 0) is 17.4 Å². The molecule has 3 aromatic rings. The number of rotatable bonds is 6. The van der Waals surface area contributed by atoms with Gasteiger partial charge in [-0.15, -0.1) is 0 Å². The van der Waals surface area contributed by atoms with E-state index >= 15 is 0 Å². The summed E-state index contributed by atoms with van der Waals surface area (Å²) in [7, 11) is 0. The van der Waals surface area contributed by atoms with E-state index in [1.807, 2.05) is 27.7 Å². The van der Waals surface area contributed by atoms with Gasteiger partial charge in [-0.05, 0) is 78.6 Å². The smallest absolute Gasteiger partial charge is 0.256 e. The number of benzene rings is 2. The molecule has 0 unspecified atom stereocenters. The highest BCUT2D eigenvalue weighted by Gasteiger charge is 2.46. The Labute approximate surface area is 211 Å². The number of amides is 1. The van der Waals surface area contributed by atoms with Crippen LogP contribution >= 0.6 is 0 Å². The number of fused-ring (bicyclic) bond motifs is 2. The third-order valence-corrected chi connectivity index (χ3v) is 6.89. The van der Waals surface area contributed by atoms with E-state index in [1.165, 1.54) is 36.2 Å². The highest BCUT2D eigenvalue weighted by molar-refractivity contribution is 5.99. The SMILES string of the molecule is CCNC(=O)c1cnc(Nc2ccc3c(c2)CCNC32CC2)nc1Nc1ccc(F)c(C(C)(C)C)c1. The number of hydrogen-bond acceptors (Lipinski definition) is 6. The molecule has 0 bridgehead atoms. The minimum Gasteiger partial charge on any atom is -0.352 e. The molecule has 0 saturated heterocycles. The highest BCUT2D eigenvalue weighted by atomic mass is 19.1. The molecule has 2 heterocycles. The molecule has 1 saturated carbocycles. The van der Waals surface area contributed by atoms with Crippen molar-refractivity contribution in [1.29, 1.82) is 0 Å². The van der Waals surface area contributed by atoms with E-state index in [-0.39, 0.29) is 22.7 Å². The summed E-state index contributed by atoms with van der Waals surface area (Å²) in [6.45, 7) is 9.20. The van der Waals surface area contributed by atoms with Gasteiger partial charge in [-0.1, -0.05) is 26.8 Å². The number of carbonyl (C=O) groups is 1. The van der Waals surface area contributed by atoms with Gasteiger partial charge >= 0.3 is 0 Å².